The van der Waals surface area contributed by atoms with Crippen LogP contribution in [0.25, 0.3) is 4.85 Å². The van der Waals surface area contributed by atoms with Gasteiger partial charge < -0.3 is 19.4 Å². The van der Waals surface area contributed by atoms with E-state index in [-0.39, 0.29) is 6.54 Å². The van der Waals surface area contributed by atoms with Crippen LogP contribution in [-0.4, -0.2) is 25.4 Å². The summed E-state index contributed by atoms with van der Waals surface area (Å²) >= 11 is 0. The zero-order valence-corrected chi connectivity index (χ0v) is 11.0. The lowest BCUT2D eigenvalue weighted by molar-refractivity contribution is 0.194. The molecule has 1 aromatic rings. The number of aliphatic hydroxyl groups is 1. The Morgan fingerprint density at radius 1 is 1.33 bits per heavy atom. The minimum Gasteiger partial charge on any atom is -0.493 e. The Kier molecular flexibility index (Phi) is 5.47. The molecule has 1 unspecified atom stereocenters. The number of ether oxygens (including phenoxy) is 2. The first-order valence-corrected chi connectivity index (χ1v) is 5.90. The SMILES string of the molecule is [C-]#[N+]CC(O)c1ccc(OCC(C)C)c(OC)c1. The van der Waals surface area contributed by atoms with Gasteiger partial charge in [0.2, 0.25) is 6.54 Å². The van der Waals surface area contributed by atoms with Crippen molar-refractivity contribution in [2.75, 3.05) is 20.3 Å². The second kappa shape index (κ2) is 6.87. The number of aliphatic hydroxyl groups excluding tert-OH is 1. The molecule has 98 valence electrons. The number of methoxy groups -OCH3 is 1. The van der Waals surface area contributed by atoms with Gasteiger partial charge in [0, 0.05) is 0 Å². The topological polar surface area (TPSA) is 43.0 Å². The maximum atomic E-state index is 9.74. The Hall–Kier alpha value is -1.73. The summed E-state index contributed by atoms with van der Waals surface area (Å²) in [5, 5.41) is 9.74. The predicted octanol–water partition coefficient (Wildman–Crippen LogP) is 2.68. The van der Waals surface area contributed by atoms with E-state index in [1.54, 1.807) is 25.3 Å². The molecule has 0 heterocycles. The first-order chi connectivity index (χ1) is 8.58. The van der Waals surface area contributed by atoms with E-state index in [4.69, 9.17) is 16.0 Å². The van der Waals surface area contributed by atoms with Crippen molar-refractivity contribution in [3.05, 3.63) is 35.2 Å². The average Bonchev–Trinajstić information content (AvgIpc) is 2.36. The average molecular weight is 249 g/mol. The molecule has 1 aromatic carbocycles. The highest BCUT2D eigenvalue weighted by Crippen LogP contribution is 2.30. The highest BCUT2D eigenvalue weighted by Gasteiger charge is 2.14. The Labute approximate surface area is 108 Å². The molecule has 1 rings (SSSR count). The zero-order chi connectivity index (χ0) is 13.5. The molecule has 4 nitrogen and oxygen atoms in total. The summed E-state index contributed by atoms with van der Waals surface area (Å²) in [4.78, 5) is 3.18. The molecule has 0 aliphatic heterocycles. The van der Waals surface area contributed by atoms with Crippen LogP contribution >= 0.6 is 0 Å². The third-order valence-corrected chi connectivity index (χ3v) is 2.41. The minimum absolute atomic E-state index is 0.0509. The lowest BCUT2D eigenvalue weighted by Crippen LogP contribution is -2.06. The lowest BCUT2D eigenvalue weighted by atomic mass is 10.1. The molecule has 18 heavy (non-hydrogen) atoms. The Bertz CT molecular complexity index is 424. The van der Waals surface area contributed by atoms with Gasteiger partial charge in [-0.25, -0.2) is 6.57 Å². The molecule has 1 N–H and O–H groups in total. The van der Waals surface area contributed by atoms with Gasteiger partial charge in [0.25, 0.3) is 0 Å². The third kappa shape index (κ3) is 3.94. The van der Waals surface area contributed by atoms with Crippen molar-refractivity contribution in [2.45, 2.75) is 20.0 Å². The molecule has 0 saturated carbocycles. The number of hydrogen-bond donors (Lipinski definition) is 1. The second-order valence-corrected chi connectivity index (χ2v) is 4.47. The Balaban J connectivity index is 2.86. The van der Waals surface area contributed by atoms with Crippen LogP contribution in [0.2, 0.25) is 0 Å². The van der Waals surface area contributed by atoms with E-state index in [2.05, 4.69) is 18.7 Å². The molecule has 0 amide bonds. The van der Waals surface area contributed by atoms with Gasteiger partial charge in [-0.3, -0.25) is 0 Å². The van der Waals surface area contributed by atoms with Crippen LogP contribution in [0.15, 0.2) is 18.2 Å². The smallest absolute Gasteiger partial charge is 0.244 e. The van der Waals surface area contributed by atoms with Gasteiger partial charge in [0.05, 0.1) is 13.7 Å². The van der Waals surface area contributed by atoms with E-state index in [0.717, 1.165) is 0 Å². The summed E-state index contributed by atoms with van der Waals surface area (Å²) in [6.45, 7) is 11.5. The van der Waals surface area contributed by atoms with Crippen LogP contribution in [0, 0.1) is 12.5 Å². The zero-order valence-electron chi connectivity index (χ0n) is 11.0. The third-order valence-electron chi connectivity index (χ3n) is 2.41. The van der Waals surface area contributed by atoms with Crippen molar-refractivity contribution in [1.29, 1.82) is 0 Å². The van der Waals surface area contributed by atoms with Crippen LogP contribution < -0.4 is 9.47 Å². The van der Waals surface area contributed by atoms with Crippen molar-refractivity contribution in [3.8, 4) is 11.5 Å². The quantitative estimate of drug-likeness (QED) is 0.788. The normalized spacial score (nSPS) is 12.0. The summed E-state index contributed by atoms with van der Waals surface area (Å²) in [5.41, 5.74) is 0.666. The summed E-state index contributed by atoms with van der Waals surface area (Å²) in [7, 11) is 1.56. The number of rotatable bonds is 6. The van der Waals surface area contributed by atoms with Gasteiger partial charge in [-0.2, -0.15) is 0 Å². The molecule has 4 heteroatoms. The summed E-state index contributed by atoms with van der Waals surface area (Å²) in [6.07, 6.45) is -0.782. The predicted molar refractivity (Wildman–Crippen MR) is 69.8 cm³/mol. The van der Waals surface area contributed by atoms with E-state index in [1.165, 1.54) is 0 Å². The molecule has 0 fully saturated rings. The number of hydrogen-bond acceptors (Lipinski definition) is 3. The van der Waals surface area contributed by atoms with Crippen LogP contribution in [0.5, 0.6) is 11.5 Å². The molecule has 0 spiro atoms. The van der Waals surface area contributed by atoms with Gasteiger partial charge in [-0.15, -0.1) is 0 Å². The second-order valence-electron chi connectivity index (χ2n) is 4.47. The Morgan fingerprint density at radius 3 is 2.61 bits per heavy atom. The molecule has 0 bridgehead atoms. The van der Waals surface area contributed by atoms with Crippen molar-refractivity contribution in [2.24, 2.45) is 5.92 Å². The van der Waals surface area contributed by atoms with Crippen molar-refractivity contribution >= 4 is 0 Å². The van der Waals surface area contributed by atoms with Gasteiger partial charge in [0.15, 0.2) is 17.6 Å². The fourth-order valence-electron chi connectivity index (χ4n) is 1.46. The maximum Gasteiger partial charge on any atom is 0.244 e. The molecule has 0 aromatic heterocycles. The van der Waals surface area contributed by atoms with Gasteiger partial charge >= 0.3 is 0 Å². The first kappa shape index (κ1) is 14.3. The largest absolute Gasteiger partial charge is 0.493 e. The van der Waals surface area contributed by atoms with Crippen LogP contribution in [0.3, 0.4) is 0 Å². The molecule has 0 aliphatic carbocycles. The van der Waals surface area contributed by atoms with E-state index in [9.17, 15) is 5.11 Å². The highest BCUT2D eigenvalue weighted by molar-refractivity contribution is 5.43. The number of benzene rings is 1. The molecule has 1 atom stereocenters. The van der Waals surface area contributed by atoms with Gasteiger partial charge in [-0.05, 0) is 23.6 Å². The van der Waals surface area contributed by atoms with E-state index >= 15 is 0 Å². The van der Waals surface area contributed by atoms with Gasteiger partial charge in [0.1, 0.15) is 0 Å². The van der Waals surface area contributed by atoms with Crippen molar-refractivity contribution in [1.82, 2.24) is 0 Å². The van der Waals surface area contributed by atoms with Crippen molar-refractivity contribution in [3.63, 3.8) is 0 Å². The monoisotopic (exact) mass is 249 g/mol. The molecule has 0 aliphatic rings. The standard InChI is InChI=1S/C14H19NO3/c1-10(2)9-18-13-6-5-11(7-14(13)17-4)12(16)8-15-3/h5-7,10,12,16H,8-9H2,1-2,4H3. The van der Waals surface area contributed by atoms with E-state index in [1.807, 2.05) is 0 Å². The Morgan fingerprint density at radius 2 is 2.06 bits per heavy atom. The first-order valence-electron chi connectivity index (χ1n) is 5.90. The molecule has 0 radical (unpaired) electrons. The van der Waals surface area contributed by atoms with E-state index < -0.39 is 6.10 Å². The number of nitrogens with zero attached hydrogens (tertiary/aromatic N) is 1. The molecule has 0 saturated heterocycles. The summed E-state index contributed by atoms with van der Waals surface area (Å²) in [6, 6.07) is 5.24. The molecular formula is C14H19NO3. The van der Waals surface area contributed by atoms with Gasteiger partial charge in [-0.1, -0.05) is 19.9 Å². The fraction of sp³-hybridized carbons (Fsp3) is 0.500. The van der Waals surface area contributed by atoms with Crippen molar-refractivity contribution < 1.29 is 14.6 Å². The summed E-state index contributed by atoms with van der Waals surface area (Å²) < 4.78 is 10.9. The summed E-state index contributed by atoms with van der Waals surface area (Å²) in [5.74, 6) is 1.67. The van der Waals surface area contributed by atoms with E-state index in [0.29, 0.717) is 29.6 Å². The van der Waals surface area contributed by atoms with Crippen LogP contribution in [-0.2, 0) is 0 Å². The highest BCUT2D eigenvalue weighted by atomic mass is 16.5. The fourth-order valence-corrected chi connectivity index (χ4v) is 1.46. The molecular weight excluding hydrogens is 230 g/mol. The lowest BCUT2D eigenvalue weighted by Gasteiger charge is -2.14. The maximum absolute atomic E-state index is 9.74. The van der Waals surface area contributed by atoms with Crippen LogP contribution in [0.4, 0.5) is 0 Å². The van der Waals surface area contributed by atoms with Crippen LogP contribution in [0.1, 0.15) is 25.5 Å². The minimum atomic E-state index is -0.782.